The van der Waals surface area contributed by atoms with Gasteiger partial charge in [-0.3, -0.25) is 0 Å². The second-order valence-corrected chi connectivity index (χ2v) is 6.95. The van der Waals surface area contributed by atoms with Gasteiger partial charge in [-0.2, -0.15) is 0 Å². The van der Waals surface area contributed by atoms with Crippen LogP contribution in [0.1, 0.15) is 13.8 Å². The molecular weight excluding hydrogens is 194 g/mol. The van der Waals surface area contributed by atoms with Gasteiger partial charge in [-0.1, -0.05) is 0 Å². The molecule has 0 radical (unpaired) electrons. The van der Waals surface area contributed by atoms with E-state index in [1.54, 1.807) is 3.45 Å². The monoisotopic (exact) mass is 202 g/mol. The van der Waals surface area contributed by atoms with Crippen LogP contribution in [0.5, 0.6) is 0 Å². The third kappa shape index (κ3) is 1.42. The van der Waals surface area contributed by atoms with Crippen molar-refractivity contribution in [3.63, 3.8) is 0 Å². The summed E-state index contributed by atoms with van der Waals surface area (Å²) in [6, 6.07) is 0. The van der Waals surface area contributed by atoms with Crippen LogP contribution in [0.15, 0.2) is 12.2 Å². The van der Waals surface area contributed by atoms with Gasteiger partial charge in [0.15, 0.2) is 0 Å². The van der Waals surface area contributed by atoms with E-state index < -0.39 is 0 Å². The Morgan fingerprint density at radius 2 is 2.43 bits per heavy atom. The van der Waals surface area contributed by atoms with Crippen LogP contribution in [0.2, 0.25) is 3.86 Å². The van der Waals surface area contributed by atoms with Gasteiger partial charge in [0.05, 0.1) is 0 Å². The molecule has 0 saturated heterocycles. The first-order chi connectivity index (χ1) is 3.29. The second kappa shape index (κ2) is 2.13. The molecule has 1 aliphatic rings. The van der Waals surface area contributed by atoms with Crippen molar-refractivity contribution in [2.24, 2.45) is 0 Å². The molecule has 7 heavy (non-hydrogen) atoms. The predicted octanol–water partition coefficient (Wildman–Crippen LogP) is 1.26. The first kappa shape index (κ1) is 5.56. The number of hydrogen-bond donors (Lipinski definition) is 0. The Bertz CT molecular complexity index is 122. The molecule has 0 saturated carbocycles. The molecule has 1 aliphatic heterocycles. The van der Waals surface area contributed by atoms with Crippen LogP contribution in [0.3, 0.4) is 0 Å². The SMILES string of the molecule is C[C]1=[Sb][CH](C)C=C1. The third-order valence-electron chi connectivity index (χ3n) is 1.02. The van der Waals surface area contributed by atoms with Gasteiger partial charge in [-0.25, -0.2) is 0 Å². The molecule has 1 atom stereocenters. The van der Waals surface area contributed by atoms with Gasteiger partial charge < -0.3 is 0 Å². The zero-order chi connectivity index (χ0) is 5.28. The standard InChI is InChI=1S/C6H9.Sb/c1-3-5-6-4-2;/h3,5-6H,1-2H3;. The fourth-order valence-corrected chi connectivity index (χ4v) is 3.50. The fraction of sp³-hybridized carbons (Fsp3) is 0.500. The van der Waals surface area contributed by atoms with Crippen LogP contribution in [0.4, 0.5) is 0 Å². The van der Waals surface area contributed by atoms with Crippen molar-refractivity contribution in [2.75, 3.05) is 0 Å². The van der Waals surface area contributed by atoms with Gasteiger partial charge >= 0.3 is 54.5 Å². The average molecular weight is 203 g/mol. The van der Waals surface area contributed by atoms with Gasteiger partial charge in [-0.05, 0) is 0 Å². The fourth-order valence-electron chi connectivity index (χ4n) is 0.686. The first-order valence-electron chi connectivity index (χ1n) is 2.51. The molecule has 0 aromatic carbocycles. The van der Waals surface area contributed by atoms with E-state index in [9.17, 15) is 0 Å². The summed E-state index contributed by atoms with van der Waals surface area (Å²) in [5.74, 6) is 0. The predicted molar refractivity (Wildman–Crippen MR) is 35.0 cm³/mol. The molecule has 0 spiro atoms. The van der Waals surface area contributed by atoms with Crippen molar-refractivity contribution in [1.29, 1.82) is 0 Å². The second-order valence-electron chi connectivity index (χ2n) is 1.87. The Morgan fingerprint density at radius 3 is 2.57 bits per heavy atom. The van der Waals surface area contributed by atoms with Gasteiger partial charge in [0.2, 0.25) is 0 Å². The summed E-state index contributed by atoms with van der Waals surface area (Å²) in [7, 11) is 0. The number of rotatable bonds is 0. The van der Waals surface area contributed by atoms with Crippen LogP contribution < -0.4 is 0 Å². The minimum absolute atomic E-state index is 0.111. The summed E-state index contributed by atoms with van der Waals surface area (Å²) < 4.78 is 2.63. The van der Waals surface area contributed by atoms with Crippen LogP contribution >= 0.6 is 0 Å². The number of hydrogen-bond acceptors (Lipinski definition) is 0. The van der Waals surface area contributed by atoms with Crippen molar-refractivity contribution < 1.29 is 0 Å². The third-order valence-corrected chi connectivity index (χ3v) is 4.26. The molecular formula is C6H9Sb. The van der Waals surface area contributed by atoms with Crippen molar-refractivity contribution in [1.82, 2.24) is 0 Å². The quantitative estimate of drug-likeness (QED) is 0.520. The molecule has 1 rings (SSSR count). The van der Waals surface area contributed by atoms with Crippen LogP contribution in [-0.2, 0) is 0 Å². The minimum atomic E-state index is 0.111. The van der Waals surface area contributed by atoms with Gasteiger partial charge in [0, 0.05) is 0 Å². The van der Waals surface area contributed by atoms with E-state index in [2.05, 4.69) is 26.0 Å². The molecule has 1 unspecified atom stereocenters. The summed E-state index contributed by atoms with van der Waals surface area (Å²) in [5, 5.41) is 0. The zero-order valence-corrected chi connectivity index (χ0v) is 7.23. The zero-order valence-electron chi connectivity index (χ0n) is 4.68. The number of allylic oxidation sites excluding steroid dienone is 2. The summed E-state index contributed by atoms with van der Waals surface area (Å²) in [5.41, 5.74) is 0. The Morgan fingerprint density at radius 1 is 1.71 bits per heavy atom. The van der Waals surface area contributed by atoms with E-state index in [-0.39, 0.29) is 21.1 Å². The van der Waals surface area contributed by atoms with E-state index in [4.69, 9.17) is 0 Å². The summed E-state index contributed by atoms with van der Waals surface area (Å²) in [4.78, 5) is 0. The molecule has 0 aromatic rings. The maximum absolute atomic E-state index is 2.33. The van der Waals surface area contributed by atoms with Crippen molar-refractivity contribution >= 4 is 24.6 Å². The molecule has 1 heterocycles. The molecule has 0 aliphatic carbocycles. The molecule has 0 nitrogen and oxygen atoms in total. The first-order valence-corrected chi connectivity index (χ1v) is 5.26. The molecule has 38 valence electrons. The van der Waals surface area contributed by atoms with Crippen molar-refractivity contribution in [3.8, 4) is 0 Å². The summed E-state index contributed by atoms with van der Waals surface area (Å²) in [6.45, 7) is 4.56. The molecule has 0 N–H and O–H groups in total. The van der Waals surface area contributed by atoms with E-state index in [0.29, 0.717) is 0 Å². The summed E-state index contributed by atoms with van der Waals surface area (Å²) in [6.07, 6.45) is 4.61. The molecule has 0 fully saturated rings. The van der Waals surface area contributed by atoms with E-state index in [0.717, 1.165) is 3.86 Å². The van der Waals surface area contributed by atoms with E-state index in [1.807, 2.05) is 0 Å². The molecule has 1 heteroatoms. The van der Waals surface area contributed by atoms with Crippen molar-refractivity contribution in [3.05, 3.63) is 12.2 Å². The Kier molecular flexibility index (Phi) is 1.69. The van der Waals surface area contributed by atoms with Crippen molar-refractivity contribution in [2.45, 2.75) is 17.7 Å². The Balaban J connectivity index is 2.69. The average Bonchev–Trinajstić information content (AvgIpc) is 1.87. The van der Waals surface area contributed by atoms with Gasteiger partial charge in [0.25, 0.3) is 0 Å². The van der Waals surface area contributed by atoms with Crippen LogP contribution in [-0.4, -0.2) is 24.6 Å². The van der Waals surface area contributed by atoms with Crippen LogP contribution in [0, 0.1) is 0 Å². The van der Waals surface area contributed by atoms with E-state index >= 15 is 0 Å². The van der Waals surface area contributed by atoms with Crippen LogP contribution in [0.25, 0.3) is 0 Å². The Labute approximate surface area is 54.6 Å². The summed E-state index contributed by atoms with van der Waals surface area (Å²) >= 11 is 0.111. The topological polar surface area (TPSA) is 0 Å². The molecule has 0 amide bonds. The van der Waals surface area contributed by atoms with Gasteiger partial charge in [-0.15, -0.1) is 0 Å². The normalized spacial score (nSPS) is 28.3. The molecule has 0 aromatic heterocycles. The molecule has 0 bridgehead atoms. The maximum atomic E-state index is 2.33. The van der Waals surface area contributed by atoms with Gasteiger partial charge in [0.1, 0.15) is 0 Å². The van der Waals surface area contributed by atoms with E-state index in [1.165, 1.54) is 0 Å². The Hall–Kier alpha value is 0.428.